The zero-order chi connectivity index (χ0) is 14.6. The van der Waals surface area contributed by atoms with Crippen LogP contribution in [0.5, 0.6) is 0 Å². The summed E-state index contributed by atoms with van der Waals surface area (Å²) in [6.07, 6.45) is 6.35. The molecule has 0 rings (SSSR count). The maximum atomic E-state index is 6.58. The third kappa shape index (κ3) is 5.11. The first kappa shape index (κ1) is 17.7. The average Bonchev–Trinajstić information content (AvgIpc) is 2.20. The van der Waals surface area contributed by atoms with Crippen molar-refractivity contribution in [2.24, 2.45) is 11.8 Å². The maximum Gasteiger partial charge on any atom is 0.192 e. The van der Waals surface area contributed by atoms with Gasteiger partial charge in [-0.2, -0.15) is 0 Å². The van der Waals surface area contributed by atoms with Gasteiger partial charge in [0.2, 0.25) is 0 Å². The Labute approximate surface area is 115 Å². The Kier molecular flexibility index (Phi) is 6.59. The third-order valence-electron chi connectivity index (χ3n) is 3.96. The summed E-state index contributed by atoms with van der Waals surface area (Å²) < 4.78 is 6.58. The molecule has 0 spiro atoms. The highest BCUT2D eigenvalue weighted by Crippen LogP contribution is 2.39. The molecule has 0 aliphatic heterocycles. The average molecular weight is 269 g/mol. The highest BCUT2D eigenvalue weighted by Gasteiger charge is 2.40. The van der Waals surface area contributed by atoms with E-state index in [2.05, 4.69) is 67.3 Å². The monoisotopic (exact) mass is 268 g/mol. The van der Waals surface area contributed by atoms with Gasteiger partial charge in [-0.05, 0) is 30.0 Å². The molecular formula is C16H32OSi. The van der Waals surface area contributed by atoms with E-state index in [0.717, 1.165) is 0 Å². The van der Waals surface area contributed by atoms with Crippen LogP contribution in [0.15, 0.2) is 24.8 Å². The van der Waals surface area contributed by atoms with Crippen molar-refractivity contribution >= 4 is 8.32 Å². The van der Waals surface area contributed by atoms with E-state index in [0.29, 0.717) is 17.9 Å². The molecule has 0 bridgehead atoms. The zero-order valence-electron chi connectivity index (χ0n) is 13.6. The minimum atomic E-state index is -1.69. The molecular weight excluding hydrogens is 236 g/mol. The van der Waals surface area contributed by atoms with Gasteiger partial charge in [-0.25, -0.2) is 0 Å². The molecule has 0 saturated heterocycles. The normalized spacial score (nSPS) is 17.2. The van der Waals surface area contributed by atoms with Gasteiger partial charge in [0.25, 0.3) is 0 Å². The molecule has 0 aromatic heterocycles. The zero-order valence-corrected chi connectivity index (χ0v) is 14.6. The lowest BCUT2D eigenvalue weighted by molar-refractivity contribution is 0.101. The van der Waals surface area contributed by atoms with E-state index < -0.39 is 8.32 Å². The third-order valence-corrected chi connectivity index (χ3v) is 8.44. The van der Waals surface area contributed by atoms with E-state index in [1.165, 1.54) is 0 Å². The van der Waals surface area contributed by atoms with Crippen LogP contribution in [-0.2, 0) is 4.43 Å². The number of hydrogen-bond acceptors (Lipinski definition) is 1. The molecule has 0 N–H and O–H groups in total. The predicted molar refractivity (Wildman–Crippen MR) is 85.4 cm³/mol. The van der Waals surface area contributed by atoms with E-state index in [1.54, 1.807) is 0 Å². The van der Waals surface area contributed by atoms with Crippen molar-refractivity contribution in [2.45, 2.75) is 65.8 Å². The second kappa shape index (κ2) is 6.72. The molecule has 0 aliphatic carbocycles. The molecule has 0 aromatic rings. The fourth-order valence-electron chi connectivity index (χ4n) is 1.73. The van der Waals surface area contributed by atoms with Crippen LogP contribution in [0.1, 0.15) is 41.5 Å². The summed E-state index contributed by atoms with van der Waals surface area (Å²) in [6.45, 7) is 22.0. The van der Waals surface area contributed by atoms with Gasteiger partial charge < -0.3 is 4.43 Å². The second-order valence-electron chi connectivity index (χ2n) is 7.07. The van der Waals surface area contributed by atoms with Crippen LogP contribution in [0.25, 0.3) is 0 Å². The Bertz CT molecular complexity index is 284. The first-order chi connectivity index (χ1) is 8.03. The summed E-state index contributed by atoms with van der Waals surface area (Å²) in [6, 6.07) is 0. The fourth-order valence-corrected chi connectivity index (χ4v) is 3.25. The Morgan fingerprint density at radius 1 is 1.11 bits per heavy atom. The summed E-state index contributed by atoms with van der Waals surface area (Å²) in [5.74, 6) is 0.959. The van der Waals surface area contributed by atoms with Crippen molar-refractivity contribution in [1.82, 2.24) is 0 Å². The van der Waals surface area contributed by atoms with Crippen LogP contribution in [-0.4, -0.2) is 14.4 Å². The maximum absolute atomic E-state index is 6.58. The van der Waals surface area contributed by atoms with E-state index in [9.17, 15) is 0 Å². The molecule has 0 aliphatic rings. The first-order valence-electron chi connectivity index (χ1n) is 7.00. The van der Waals surface area contributed by atoms with Crippen LogP contribution in [0, 0.1) is 11.8 Å². The lowest BCUT2D eigenvalue weighted by atomic mass is 9.94. The predicted octanol–water partition coefficient (Wildman–Crippen LogP) is 5.41. The molecule has 0 saturated carbocycles. The van der Waals surface area contributed by atoms with E-state index in [4.69, 9.17) is 4.43 Å². The van der Waals surface area contributed by atoms with Crippen LogP contribution >= 0.6 is 0 Å². The van der Waals surface area contributed by atoms with Gasteiger partial charge in [0, 0.05) is 0 Å². The fraction of sp³-hybridized carbons (Fsp3) is 0.750. The Hall–Kier alpha value is -0.343. The Balaban J connectivity index is 4.94. The summed E-state index contributed by atoms with van der Waals surface area (Å²) in [5, 5.41) is 0.266. The van der Waals surface area contributed by atoms with Gasteiger partial charge in [-0.15, -0.1) is 0 Å². The molecule has 0 unspecified atom stereocenters. The standard InChI is InChI=1S/C16H32OSi/c1-10-11-12-14(4)15(13(2)3)17-18(8,9)16(5,6)7/h10-15H,1H2,2-9H3/b12-11+/t14-,15+/m0/s1. The molecule has 0 aromatic carbocycles. The SMILES string of the molecule is C=C/C=C/[C@H](C)[C@H](O[Si](C)(C)C(C)(C)C)C(C)C. The van der Waals surface area contributed by atoms with E-state index in [1.807, 2.05) is 12.2 Å². The Morgan fingerprint density at radius 2 is 1.61 bits per heavy atom. The van der Waals surface area contributed by atoms with Gasteiger partial charge in [0.05, 0.1) is 6.10 Å². The van der Waals surface area contributed by atoms with Gasteiger partial charge in [0.15, 0.2) is 8.32 Å². The van der Waals surface area contributed by atoms with Crippen LogP contribution in [0.4, 0.5) is 0 Å². The van der Waals surface area contributed by atoms with Crippen molar-refractivity contribution in [1.29, 1.82) is 0 Å². The molecule has 0 heterocycles. The lowest BCUT2D eigenvalue weighted by Crippen LogP contribution is -2.46. The number of rotatable bonds is 6. The molecule has 0 radical (unpaired) electrons. The molecule has 0 fully saturated rings. The molecule has 18 heavy (non-hydrogen) atoms. The highest BCUT2D eigenvalue weighted by atomic mass is 28.4. The quantitative estimate of drug-likeness (QED) is 0.462. The summed E-state index contributed by atoms with van der Waals surface area (Å²) in [4.78, 5) is 0. The van der Waals surface area contributed by atoms with Gasteiger partial charge in [-0.1, -0.05) is 66.3 Å². The summed E-state index contributed by atoms with van der Waals surface area (Å²) >= 11 is 0. The molecule has 2 atom stereocenters. The second-order valence-corrected chi connectivity index (χ2v) is 11.8. The van der Waals surface area contributed by atoms with Crippen LogP contribution in [0.3, 0.4) is 0 Å². The van der Waals surface area contributed by atoms with Crippen molar-refractivity contribution in [2.75, 3.05) is 0 Å². The first-order valence-corrected chi connectivity index (χ1v) is 9.91. The van der Waals surface area contributed by atoms with Crippen LogP contribution in [0.2, 0.25) is 18.1 Å². The number of allylic oxidation sites excluding steroid dienone is 2. The minimum absolute atomic E-state index is 0.266. The van der Waals surface area contributed by atoms with E-state index >= 15 is 0 Å². The molecule has 0 amide bonds. The van der Waals surface area contributed by atoms with Crippen molar-refractivity contribution < 1.29 is 4.43 Å². The van der Waals surface area contributed by atoms with Crippen LogP contribution < -0.4 is 0 Å². The van der Waals surface area contributed by atoms with E-state index in [-0.39, 0.29) is 5.04 Å². The number of hydrogen-bond donors (Lipinski definition) is 0. The molecule has 2 heteroatoms. The summed E-state index contributed by atoms with van der Waals surface area (Å²) in [5.41, 5.74) is 0. The van der Waals surface area contributed by atoms with Crippen molar-refractivity contribution in [3.05, 3.63) is 24.8 Å². The molecule has 1 nitrogen and oxygen atoms in total. The van der Waals surface area contributed by atoms with Crippen molar-refractivity contribution in [3.8, 4) is 0 Å². The summed E-state index contributed by atoms with van der Waals surface area (Å²) in [7, 11) is -1.69. The largest absolute Gasteiger partial charge is 0.413 e. The lowest BCUT2D eigenvalue weighted by Gasteiger charge is -2.42. The smallest absolute Gasteiger partial charge is 0.192 e. The topological polar surface area (TPSA) is 9.23 Å². The molecule has 106 valence electrons. The van der Waals surface area contributed by atoms with Gasteiger partial charge >= 0.3 is 0 Å². The van der Waals surface area contributed by atoms with Gasteiger partial charge in [-0.3, -0.25) is 0 Å². The Morgan fingerprint density at radius 3 is 1.94 bits per heavy atom. The van der Waals surface area contributed by atoms with Gasteiger partial charge in [0.1, 0.15) is 0 Å². The highest BCUT2D eigenvalue weighted by molar-refractivity contribution is 6.74. The minimum Gasteiger partial charge on any atom is -0.413 e. The van der Waals surface area contributed by atoms with Crippen molar-refractivity contribution in [3.63, 3.8) is 0 Å².